The van der Waals surface area contributed by atoms with Gasteiger partial charge in [0.2, 0.25) is 0 Å². The van der Waals surface area contributed by atoms with Crippen molar-refractivity contribution in [3.63, 3.8) is 0 Å². The largest absolute Gasteiger partial charge is 0 e. The fraction of sp³-hybridized carbons (Fsp3) is 0.294. The summed E-state index contributed by atoms with van der Waals surface area (Å²) >= 11 is -2.36. The summed E-state index contributed by atoms with van der Waals surface area (Å²) in [4.78, 5) is 14.2. The monoisotopic (exact) mass is 833 g/mol. The van der Waals surface area contributed by atoms with Crippen LogP contribution in [0.15, 0.2) is 72.6 Å². The number of aliphatic hydroxyl groups is 1. The van der Waals surface area contributed by atoms with Crippen molar-refractivity contribution in [2.45, 2.75) is 63.5 Å². The molecule has 0 atom stereocenters. The van der Waals surface area contributed by atoms with Crippen molar-refractivity contribution in [3.05, 3.63) is 95.6 Å². The number of benzene rings is 3. The summed E-state index contributed by atoms with van der Waals surface area (Å²) in [6.07, 6.45) is -2.70. The van der Waals surface area contributed by atoms with E-state index in [0.717, 1.165) is 26.9 Å². The van der Waals surface area contributed by atoms with Crippen molar-refractivity contribution in [2.24, 2.45) is 0 Å². The van der Waals surface area contributed by atoms with Crippen LogP contribution in [0, 0.1) is 11.9 Å². The summed E-state index contributed by atoms with van der Waals surface area (Å²) in [7, 11) is 0. The van der Waals surface area contributed by atoms with Gasteiger partial charge in [0.15, 0.2) is 5.78 Å². The molecule has 0 bridgehead atoms. The van der Waals surface area contributed by atoms with Crippen LogP contribution in [0.3, 0.4) is 0 Å². The van der Waals surface area contributed by atoms with Gasteiger partial charge in [0, 0.05) is 26.2 Å². The number of ketones is 1. The van der Waals surface area contributed by atoms with E-state index < -0.39 is 30.8 Å². The summed E-state index contributed by atoms with van der Waals surface area (Å²) < 4.78 is 57.9. The molecule has 0 spiro atoms. The summed E-state index contributed by atoms with van der Waals surface area (Å²) in [6, 6.07) is 19.0. The first-order valence-corrected chi connectivity index (χ1v) is 20.8. The zero-order valence-corrected chi connectivity index (χ0v) is 30.0. The van der Waals surface area contributed by atoms with Gasteiger partial charge in [-0.25, -0.2) is 0 Å². The van der Waals surface area contributed by atoms with Gasteiger partial charge in [0.25, 0.3) is 0 Å². The maximum atomic E-state index is 15.2. The topological polar surface area (TPSA) is 50.2 Å². The van der Waals surface area contributed by atoms with E-state index in [0.29, 0.717) is 11.3 Å². The number of carbonyl (C=O) groups is 1. The molecule has 0 aliphatic carbocycles. The second-order valence-electron chi connectivity index (χ2n) is 12.3. The van der Waals surface area contributed by atoms with E-state index in [2.05, 4.69) is 49.1 Å². The Morgan fingerprint density at radius 3 is 2.05 bits per heavy atom. The van der Waals surface area contributed by atoms with Crippen LogP contribution in [-0.2, 0) is 36.5 Å². The number of hydrogen-bond acceptors (Lipinski definition) is 3. The van der Waals surface area contributed by atoms with E-state index in [1.165, 1.54) is 38.1 Å². The number of fused-ring (bicyclic) bond motifs is 1. The zero-order chi connectivity index (χ0) is 31.6. The van der Waals surface area contributed by atoms with Gasteiger partial charge in [-0.3, -0.25) is 4.79 Å². The predicted octanol–water partition coefficient (Wildman–Crippen LogP) is 9.40. The minimum Gasteiger partial charge on any atom is 0 e. The Hall–Kier alpha value is -2.81. The van der Waals surface area contributed by atoms with Gasteiger partial charge >= 0.3 is 201 Å². The quantitative estimate of drug-likeness (QED) is 0.0734. The van der Waals surface area contributed by atoms with Crippen molar-refractivity contribution < 1.29 is 47.6 Å². The van der Waals surface area contributed by atoms with E-state index in [1.54, 1.807) is 6.07 Å². The Bertz CT molecular complexity index is 1650. The first-order chi connectivity index (χ1) is 19.3. The molecule has 0 aliphatic heterocycles. The minimum absolute atomic E-state index is 0. The van der Waals surface area contributed by atoms with Crippen LogP contribution in [0.5, 0.6) is 0 Å². The Morgan fingerprint density at radius 1 is 0.930 bits per heavy atom. The van der Waals surface area contributed by atoms with Crippen LogP contribution >= 0.6 is 0 Å². The summed E-state index contributed by atoms with van der Waals surface area (Å²) in [6.45, 7) is 9.10. The fourth-order valence-corrected chi connectivity index (χ4v) is 6.93. The second kappa shape index (κ2) is 13.9. The van der Waals surface area contributed by atoms with E-state index >= 15 is 4.39 Å². The van der Waals surface area contributed by atoms with Gasteiger partial charge in [-0.2, -0.15) is 0 Å². The smallest absolute Gasteiger partial charge is 0 e. The first kappa shape index (κ1) is 36.4. The summed E-state index contributed by atoms with van der Waals surface area (Å²) in [5.74, 6) is 5.63. The van der Waals surface area contributed by atoms with E-state index in [-0.39, 0.29) is 48.2 Å². The van der Waals surface area contributed by atoms with Crippen LogP contribution in [0.25, 0.3) is 33.2 Å². The number of halogens is 4. The molecule has 3 aromatic carbocycles. The van der Waals surface area contributed by atoms with Crippen LogP contribution in [-0.4, -0.2) is 29.1 Å². The van der Waals surface area contributed by atoms with Crippen molar-refractivity contribution >= 4 is 34.2 Å². The molecule has 0 amide bonds. The molecule has 1 radical (unpaired) electrons. The average molecular weight is 831 g/mol. The van der Waals surface area contributed by atoms with Gasteiger partial charge in [-0.15, -0.1) is 0 Å². The number of pyridine rings is 1. The molecule has 1 N–H and O–H groups in total. The van der Waals surface area contributed by atoms with Crippen LogP contribution in [0.4, 0.5) is 17.6 Å². The molecule has 0 fully saturated rings. The number of allylic oxidation sites excluding steroid dienone is 2. The maximum absolute atomic E-state index is 15.2. The Morgan fingerprint density at radius 2 is 1.56 bits per heavy atom. The third kappa shape index (κ3) is 9.34. The summed E-state index contributed by atoms with van der Waals surface area (Å²) in [5.41, 5.74) is 0.476. The molecule has 0 saturated heterocycles. The molecule has 1 aromatic heterocycles. The third-order valence-corrected chi connectivity index (χ3v) is 10.9. The fourth-order valence-electron chi connectivity index (χ4n) is 4.53. The molecule has 4 aromatic rings. The van der Waals surface area contributed by atoms with Crippen LogP contribution in [0.2, 0.25) is 17.3 Å². The molecular formula is C34H36F4GeIrNO2-. The Kier molecular flexibility index (Phi) is 11.7. The number of nitrogens with zero attached hydrogens (tertiary/aromatic N) is 1. The van der Waals surface area contributed by atoms with Gasteiger partial charge in [-0.05, 0) is 13.8 Å². The molecule has 0 saturated carbocycles. The molecule has 4 rings (SSSR count). The third-order valence-electron chi connectivity index (χ3n) is 6.61. The van der Waals surface area contributed by atoms with Gasteiger partial charge in [-0.1, -0.05) is 6.07 Å². The Balaban J connectivity index is 0.000000721. The average Bonchev–Trinajstić information content (AvgIpc) is 2.85. The molecule has 0 aliphatic rings. The molecule has 1 heterocycles. The van der Waals surface area contributed by atoms with Crippen molar-refractivity contribution in [2.75, 3.05) is 0 Å². The number of carbonyl (C=O) groups excluding carboxylic acids is 1. The Labute approximate surface area is 267 Å². The number of alkyl halides is 3. The van der Waals surface area contributed by atoms with Gasteiger partial charge < -0.3 is 5.11 Å². The van der Waals surface area contributed by atoms with Crippen molar-refractivity contribution in [3.8, 4) is 22.4 Å². The van der Waals surface area contributed by atoms with Crippen molar-refractivity contribution in [1.82, 2.24) is 4.98 Å². The predicted molar refractivity (Wildman–Crippen MR) is 165 cm³/mol. The number of hydrogen-bond donors (Lipinski definition) is 1. The van der Waals surface area contributed by atoms with Crippen LogP contribution < -0.4 is 4.40 Å². The minimum atomic E-state index is -4.67. The standard InChI is InChI=1S/C29H28F4GeN.C5H8O2.Ir/c1-28(2,3)24-14-19(13-18-9-7-8-10-21(18)24)27-16-23(25(17-35-27)29(31,32)33)22-12-11-20(15-26(22)30)34(4,5)6;1-4(6)3-5(2)7;/h7-12,14-17H,1-6H3;3,6H,1-2H3;/q-1;;/b;4-3-;. The maximum Gasteiger partial charge on any atom is 0 e. The SMILES string of the molecule is CC(=O)/C=C(/C)O.CC(C)(C)c1cc(-c2cc(-c3cc[c]([Ge]([CH3])([CH3])[CH3])cc3F)c(C(F)(F)F)cn2)[c-]c2ccccc12.[Ir]. The second-order valence-corrected chi connectivity index (χ2v) is 23.0. The number of rotatable bonds is 4. The zero-order valence-electron chi connectivity index (χ0n) is 25.5. The van der Waals surface area contributed by atoms with Gasteiger partial charge in [0.1, 0.15) is 0 Å². The first-order valence-electron chi connectivity index (χ1n) is 13.5. The van der Waals surface area contributed by atoms with Crippen LogP contribution in [0.1, 0.15) is 45.7 Å². The molecule has 3 nitrogen and oxygen atoms in total. The molecule has 0 unspecified atom stereocenters. The summed E-state index contributed by atoms with van der Waals surface area (Å²) in [5, 5.41) is 10.2. The normalized spacial score (nSPS) is 12.3. The van der Waals surface area contributed by atoms with E-state index in [9.17, 15) is 18.0 Å². The molecule has 231 valence electrons. The van der Waals surface area contributed by atoms with Gasteiger partial charge in [0.05, 0.1) is 5.76 Å². The van der Waals surface area contributed by atoms with E-state index in [1.807, 2.05) is 30.3 Å². The molecular weight excluding hydrogens is 795 g/mol. The number of aromatic nitrogens is 1. The molecule has 43 heavy (non-hydrogen) atoms. The number of aliphatic hydroxyl groups excluding tert-OH is 1. The van der Waals surface area contributed by atoms with E-state index in [4.69, 9.17) is 5.11 Å². The van der Waals surface area contributed by atoms with Crippen molar-refractivity contribution in [1.29, 1.82) is 0 Å². The molecule has 9 heteroatoms.